The van der Waals surface area contributed by atoms with Gasteiger partial charge in [0.25, 0.3) is 5.56 Å². The van der Waals surface area contributed by atoms with Crippen molar-refractivity contribution in [2.75, 3.05) is 6.61 Å². The highest BCUT2D eigenvalue weighted by Gasteiger charge is 2.35. The van der Waals surface area contributed by atoms with Crippen LogP contribution in [0.4, 0.5) is 8.78 Å². The van der Waals surface area contributed by atoms with Crippen LogP contribution in [0.3, 0.4) is 0 Å². The summed E-state index contributed by atoms with van der Waals surface area (Å²) in [4.78, 5) is 32.7. The largest absolute Gasteiger partial charge is 0.491 e. The van der Waals surface area contributed by atoms with Gasteiger partial charge >= 0.3 is 12.6 Å². The standard InChI is InChI=1S/C32H28F2N2O5S/c1-4-39-30(38)26-27(20-10-6-5-7-11-20)35-32-36(28(26)21-14-16-23(17-15-21)40-19(2)3)29(37)25(42-32)18-22-12-8-9-13-24(22)41-31(33)34/h5-19,28,31H,4H2,1-3H3/b25-18-/t28-/m0/s1. The molecule has 1 atom stereocenters. The highest BCUT2D eigenvalue weighted by atomic mass is 32.1. The van der Waals surface area contributed by atoms with Crippen LogP contribution in [0.5, 0.6) is 11.5 Å². The van der Waals surface area contributed by atoms with Crippen LogP contribution in [0.25, 0.3) is 11.8 Å². The van der Waals surface area contributed by atoms with Crippen molar-refractivity contribution in [3.63, 3.8) is 0 Å². The number of ether oxygens (including phenoxy) is 3. The summed E-state index contributed by atoms with van der Waals surface area (Å²) < 4.78 is 43.7. The van der Waals surface area contributed by atoms with Gasteiger partial charge in [-0.25, -0.2) is 9.79 Å². The molecular weight excluding hydrogens is 562 g/mol. The van der Waals surface area contributed by atoms with E-state index >= 15 is 0 Å². The molecule has 0 aliphatic carbocycles. The Kier molecular flexibility index (Phi) is 8.63. The molecule has 0 amide bonds. The Balaban J connectivity index is 1.77. The van der Waals surface area contributed by atoms with Gasteiger partial charge in [0.05, 0.1) is 34.6 Å². The number of alkyl halides is 2. The summed E-state index contributed by atoms with van der Waals surface area (Å²) in [6.45, 7) is 2.66. The van der Waals surface area contributed by atoms with Crippen molar-refractivity contribution in [2.24, 2.45) is 4.99 Å². The van der Waals surface area contributed by atoms with Crippen LogP contribution in [0.2, 0.25) is 0 Å². The van der Waals surface area contributed by atoms with E-state index in [1.165, 1.54) is 16.7 Å². The third-order valence-electron chi connectivity index (χ3n) is 6.36. The van der Waals surface area contributed by atoms with Gasteiger partial charge in [0.1, 0.15) is 11.5 Å². The minimum absolute atomic E-state index is 0.0369. The van der Waals surface area contributed by atoms with Crippen molar-refractivity contribution in [1.82, 2.24) is 4.57 Å². The zero-order valence-corrected chi connectivity index (χ0v) is 23.9. The van der Waals surface area contributed by atoms with Gasteiger partial charge in [-0.1, -0.05) is 72.0 Å². The molecule has 1 aliphatic heterocycles. The number of esters is 1. The van der Waals surface area contributed by atoms with E-state index in [-0.39, 0.29) is 28.6 Å². The number of benzene rings is 3. The number of hydrogen-bond acceptors (Lipinski definition) is 7. The molecule has 4 aromatic rings. The number of hydrogen-bond donors (Lipinski definition) is 0. The summed E-state index contributed by atoms with van der Waals surface area (Å²) in [5.41, 5.74) is 1.79. The lowest BCUT2D eigenvalue weighted by Crippen LogP contribution is -2.40. The molecule has 3 aromatic carbocycles. The average molecular weight is 591 g/mol. The number of carbonyl (C=O) groups excluding carboxylic acids is 1. The first kappa shape index (κ1) is 28.9. The fraction of sp³-hybridized carbons (Fsp3) is 0.219. The van der Waals surface area contributed by atoms with Gasteiger partial charge in [0.15, 0.2) is 4.80 Å². The summed E-state index contributed by atoms with van der Waals surface area (Å²) in [7, 11) is 0. The molecule has 0 spiro atoms. The molecule has 42 heavy (non-hydrogen) atoms. The van der Waals surface area contributed by atoms with Crippen LogP contribution >= 0.6 is 11.3 Å². The molecule has 7 nitrogen and oxygen atoms in total. The Morgan fingerprint density at radius 3 is 2.36 bits per heavy atom. The smallest absolute Gasteiger partial charge is 0.387 e. The van der Waals surface area contributed by atoms with Crippen molar-refractivity contribution >= 4 is 29.1 Å². The van der Waals surface area contributed by atoms with Gasteiger partial charge in [0, 0.05) is 11.1 Å². The van der Waals surface area contributed by atoms with E-state index in [1.807, 2.05) is 44.2 Å². The molecule has 5 rings (SSSR count). The summed E-state index contributed by atoms with van der Waals surface area (Å²) in [5, 5.41) is 0. The zero-order chi connectivity index (χ0) is 29.8. The molecular formula is C32H28F2N2O5S. The van der Waals surface area contributed by atoms with E-state index < -0.39 is 24.2 Å². The third-order valence-corrected chi connectivity index (χ3v) is 7.35. The number of para-hydroxylation sites is 1. The van der Waals surface area contributed by atoms with Crippen LogP contribution in [-0.4, -0.2) is 29.9 Å². The lowest BCUT2D eigenvalue weighted by Gasteiger charge is -2.26. The van der Waals surface area contributed by atoms with E-state index in [0.29, 0.717) is 32.9 Å². The summed E-state index contributed by atoms with van der Waals surface area (Å²) in [6, 6.07) is 21.7. The quantitative estimate of drug-likeness (QED) is 0.247. The van der Waals surface area contributed by atoms with E-state index in [4.69, 9.17) is 14.5 Å². The second-order valence-corrected chi connectivity index (χ2v) is 10.6. The lowest BCUT2D eigenvalue weighted by molar-refractivity contribution is -0.138. The van der Waals surface area contributed by atoms with Gasteiger partial charge in [-0.15, -0.1) is 0 Å². The second-order valence-electron chi connectivity index (χ2n) is 9.58. The zero-order valence-electron chi connectivity index (χ0n) is 23.1. The SMILES string of the molecule is CCOC(=O)C1=C(c2ccccc2)N=c2s/c(=C\c3ccccc3OC(F)F)c(=O)n2[C@H]1c1ccc(OC(C)C)cc1. The first-order valence-corrected chi connectivity index (χ1v) is 14.2. The molecule has 0 saturated carbocycles. The number of thiazole rings is 1. The molecule has 10 heteroatoms. The van der Waals surface area contributed by atoms with Gasteiger partial charge < -0.3 is 14.2 Å². The Morgan fingerprint density at radius 1 is 1.00 bits per heavy atom. The maximum Gasteiger partial charge on any atom is 0.387 e. The van der Waals surface area contributed by atoms with Crippen LogP contribution < -0.4 is 24.4 Å². The molecule has 0 radical (unpaired) electrons. The van der Waals surface area contributed by atoms with Gasteiger partial charge in [0.2, 0.25) is 0 Å². The van der Waals surface area contributed by atoms with E-state index in [0.717, 1.165) is 11.3 Å². The van der Waals surface area contributed by atoms with Gasteiger partial charge in [-0.05, 0) is 50.6 Å². The maximum absolute atomic E-state index is 14.0. The van der Waals surface area contributed by atoms with Crippen LogP contribution in [0.15, 0.2) is 94.2 Å². The molecule has 0 fully saturated rings. The topological polar surface area (TPSA) is 79.1 Å². The number of rotatable bonds is 9. The predicted molar refractivity (Wildman–Crippen MR) is 156 cm³/mol. The molecule has 2 heterocycles. The Hall–Kier alpha value is -4.57. The average Bonchev–Trinajstić information content (AvgIpc) is 3.28. The number of halogens is 2. The fourth-order valence-corrected chi connectivity index (χ4v) is 5.69. The van der Waals surface area contributed by atoms with Crippen LogP contribution in [0.1, 0.15) is 43.5 Å². The first-order valence-electron chi connectivity index (χ1n) is 13.4. The van der Waals surface area contributed by atoms with Crippen LogP contribution in [0, 0.1) is 0 Å². The Labute approximate surface area is 244 Å². The highest BCUT2D eigenvalue weighted by Crippen LogP contribution is 2.36. The summed E-state index contributed by atoms with van der Waals surface area (Å²) in [6.07, 6.45) is 1.46. The second kappa shape index (κ2) is 12.5. The minimum atomic E-state index is -3.02. The number of nitrogens with zero attached hydrogens (tertiary/aromatic N) is 2. The van der Waals surface area contributed by atoms with Crippen molar-refractivity contribution in [3.05, 3.63) is 121 Å². The molecule has 0 N–H and O–H groups in total. The van der Waals surface area contributed by atoms with Gasteiger partial charge in [-0.3, -0.25) is 9.36 Å². The molecule has 216 valence electrons. The number of carbonyl (C=O) groups is 1. The first-order chi connectivity index (χ1) is 20.3. The molecule has 1 aromatic heterocycles. The Bertz CT molecular complexity index is 1800. The normalized spacial score (nSPS) is 15.0. The van der Waals surface area contributed by atoms with Crippen molar-refractivity contribution in [3.8, 4) is 11.5 Å². The highest BCUT2D eigenvalue weighted by molar-refractivity contribution is 7.07. The monoisotopic (exact) mass is 590 g/mol. The Morgan fingerprint density at radius 2 is 1.69 bits per heavy atom. The van der Waals surface area contributed by atoms with E-state index in [9.17, 15) is 18.4 Å². The van der Waals surface area contributed by atoms with Gasteiger partial charge in [-0.2, -0.15) is 8.78 Å². The molecule has 1 aliphatic rings. The predicted octanol–water partition coefficient (Wildman–Crippen LogP) is 5.32. The van der Waals surface area contributed by atoms with Crippen LogP contribution in [-0.2, 0) is 9.53 Å². The minimum Gasteiger partial charge on any atom is -0.491 e. The summed E-state index contributed by atoms with van der Waals surface area (Å²) >= 11 is 1.09. The third kappa shape index (κ3) is 6.03. The molecule has 0 unspecified atom stereocenters. The maximum atomic E-state index is 14.0. The summed E-state index contributed by atoms with van der Waals surface area (Å²) in [5.74, 6) is -0.0212. The van der Waals surface area contributed by atoms with Crippen molar-refractivity contribution in [2.45, 2.75) is 39.5 Å². The van der Waals surface area contributed by atoms with E-state index in [1.54, 1.807) is 49.4 Å². The fourth-order valence-electron chi connectivity index (χ4n) is 4.70. The van der Waals surface area contributed by atoms with E-state index in [2.05, 4.69) is 4.74 Å². The van der Waals surface area contributed by atoms with Crippen molar-refractivity contribution in [1.29, 1.82) is 0 Å². The molecule has 0 bridgehead atoms. The number of fused-ring (bicyclic) bond motifs is 1. The number of aromatic nitrogens is 1. The molecule has 0 saturated heterocycles. The lowest BCUT2D eigenvalue weighted by atomic mass is 9.93. The van der Waals surface area contributed by atoms with Crippen molar-refractivity contribution < 1.29 is 27.8 Å².